The van der Waals surface area contributed by atoms with Crippen LogP contribution in [0.4, 0.5) is 11.4 Å². The third kappa shape index (κ3) is 4.97. The average molecular weight is 427 g/mol. The van der Waals surface area contributed by atoms with Crippen LogP contribution in [0.5, 0.6) is 5.75 Å². The number of benzene rings is 2. The maximum absolute atomic E-state index is 12.6. The molecule has 3 rings (SSSR count). The highest BCUT2D eigenvalue weighted by Gasteiger charge is 2.17. The highest BCUT2D eigenvalue weighted by Crippen LogP contribution is 2.35. The molecule has 6 nitrogen and oxygen atoms in total. The molecule has 0 saturated carbocycles. The van der Waals surface area contributed by atoms with Gasteiger partial charge in [0.25, 0.3) is 0 Å². The summed E-state index contributed by atoms with van der Waals surface area (Å²) in [7, 11) is -3.13. The van der Waals surface area contributed by atoms with Crippen molar-refractivity contribution in [3.63, 3.8) is 0 Å². The molecule has 7 heteroatoms. The molecule has 1 heterocycles. The van der Waals surface area contributed by atoms with Crippen LogP contribution >= 0.6 is 0 Å². The Morgan fingerprint density at radius 3 is 2.57 bits per heavy atom. The lowest BCUT2D eigenvalue weighted by Crippen LogP contribution is -2.12. The van der Waals surface area contributed by atoms with Gasteiger partial charge >= 0.3 is 0 Å². The average Bonchev–Trinajstić information content (AvgIpc) is 2.73. The highest BCUT2D eigenvalue weighted by molar-refractivity contribution is 7.90. The number of carbonyl (C=O) groups excluding carboxylic acids is 1. The molecule has 30 heavy (non-hydrogen) atoms. The summed E-state index contributed by atoms with van der Waals surface area (Å²) in [5.74, 6) is 0.396. The molecule has 2 aromatic carbocycles. The van der Waals surface area contributed by atoms with Gasteiger partial charge in [-0.05, 0) is 24.1 Å². The molecule has 158 valence electrons. The van der Waals surface area contributed by atoms with E-state index < -0.39 is 9.84 Å². The number of nitrogens with zero attached hydrogens (tertiary/aromatic N) is 1. The van der Waals surface area contributed by atoms with Gasteiger partial charge in [-0.3, -0.25) is 9.78 Å². The quantitative estimate of drug-likeness (QED) is 0.505. The van der Waals surface area contributed by atoms with Crippen LogP contribution in [0.1, 0.15) is 36.2 Å². The number of ether oxygens (including phenoxy) is 1. The summed E-state index contributed by atoms with van der Waals surface area (Å²) in [6, 6.07) is 13.4. The fraction of sp³-hybridized carbons (Fsp3) is 0.304. The summed E-state index contributed by atoms with van der Waals surface area (Å²) in [6.45, 7) is 3.94. The van der Waals surface area contributed by atoms with Crippen molar-refractivity contribution in [2.24, 2.45) is 0 Å². The van der Waals surface area contributed by atoms with Crippen LogP contribution in [0.3, 0.4) is 0 Å². The zero-order valence-electron chi connectivity index (χ0n) is 17.4. The molecule has 1 N–H and O–H groups in total. The summed E-state index contributed by atoms with van der Waals surface area (Å²) in [6.07, 6.45) is 3.95. The second kappa shape index (κ2) is 9.26. The lowest BCUT2D eigenvalue weighted by Gasteiger charge is -2.17. The number of rotatable bonds is 9. The molecule has 0 unspecified atom stereocenters. The number of nitrogens with one attached hydrogen (secondary N) is 1. The predicted octanol–water partition coefficient (Wildman–Crippen LogP) is 4.56. The van der Waals surface area contributed by atoms with E-state index in [9.17, 15) is 13.2 Å². The monoisotopic (exact) mass is 426 g/mol. The number of hydrogen-bond donors (Lipinski definition) is 1. The number of anilines is 2. The van der Waals surface area contributed by atoms with Gasteiger partial charge in [0.15, 0.2) is 15.6 Å². The van der Waals surface area contributed by atoms with Gasteiger partial charge in [0.1, 0.15) is 17.9 Å². The van der Waals surface area contributed by atoms with E-state index in [4.69, 9.17) is 4.74 Å². The topological polar surface area (TPSA) is 85.4 Å². The first-order valence-corrected chi connectivity index (χ1v) is 12.0. The van der Waals surface area contributed by atoms with E-state index in [1.54, 1.807) is 12.3 Å². The Morgan fingerprint density at radius 1 is 1.10 bits per heavy atom. The Hall–Kier alpha value is -2.93. The van der Waals surface area contributed by atoms with E-state index in [1.807, 2.05) is 43.3 Å². The molecule has 0 aliphatic heterocycles. The molecule has 0 spiro atoms. The van der Waals surface area contributed by atoms with Gasteiger partial charge in [0, 0.05) is 29.9 Å². The van der Waals surface area contributed by atoms with Crippen molar-refractivity contribution in [3.8, 4) is 5.75 Å². The van der Waals surface area contributed by atoms with Crippen LogP contribution in [0.25, 0.3) is 10.9 Å². The number of sulfone groups is 1. The van der Waals surface area contributed by atoms with Crippen molar-refractivity contribution >= 4 is 37.9 Å². The van der Waals surface area contributed by atoms with Crippen LogP contribution < -0.4 is 10.1 Å². The zero-order valence-corrected chi connectivity index (χ0v) is 18.3. The summed E-state index contributed by atoms with van der Waals surface area (Å²) in [5, 5.41) is 4.19. The van der Waals surface area contributed by atoms with E-state index in [-0.39, 0.29) is 18.1 Å². The van der Waals surface area contributed by atoms with Crippen molar-refractivity contribution < 1.29 is 17.9 Å². The number of fused-ring (bicyclic) bond motifs is 1. The van der Waals surface area contributed by atoms with Crippen LogP contribution in [-0.2, 0) is 16.3 Å². The maximum atomic E-state index is 12.6. The van der Waals surface area contributed by atoms with Crippen LogP contribution in [0, 0.1) is 0 Å². The molecule has 0 fully saturated rings. The Morgan fingerprint density at radius 2 is 1.87 bits per heavy atom. The summed E-state index contributed by atoms with van der Waals surface area (Å²) in [4.78, 5) is 17.1. The third-order valence-corrected chi connectivity index (χ3v) is 5.76. The zero-order chi connectivity index (χ0) is 21.7. The number of Topliss-reactive ketones (excluding diaryl/α,β-unsaturated/α-hetero) is 1. The highest BCUT2D eigenvalue weighted by atomic mass is 32.2. The number of aromatic nitrogens is 1. The summed E-state index contributed by atoms with van der Waals surface area (Å²) >= 11 is 0. The fourth-order valence-corrected chi connectivity index (χ4v) is 3.62. The molecule has 0 amide bonds. The number of pyridine rings is 1. The van der Waals surface area contributed by atoms with Crippen molar-refractivity contribution in [2.45, 2.75) is 26.7 Å². The number of hydrogen-bond acceptors (Lipinski definition) is 6. The van der Waals surface area contributed by atoms with Gasteiger partial charge in [0.05, 0.1) is 17.0 Å². The maximum Gasteiger partial charge on any atom is 0.166 e. The number of carbonyl (C=O) groups is 1. The predicted molar refractivity (Wildman–Crippen MR) is 121 cm³/mol. The van der Waals surface area contributed by atoms with Gasteiger partial charge in [-0.15, -0.1) is 0 Å². The Kier molecular flexibility index (Phi) is 6.72. The van der Waals surface area contributed by atoms with Gasteiger partial charge in [-0.1, -0.05) is 44.2 Å². The van der Waals surface area contributed by atoms with E-state index in [2.05, 4.69) is 17.2 Å². The molecule has 0 aliphatic carbocycles. The minimum Gasteiger partial charge on any atom is -0.490 e. The van der Waals surface area contributed by atoms with Crippen LogP contribution in [0.15, 0.2) is 48.7 Å². The number of ketones is 1. The molecular weight excluding hydrogens is 400 g/mol. The lowest BCUT2D eigenvalue weighted by atomic mass is 10.0. The first-order valence-electron chi connectivity index (χ1n) is 9.94. The largest absolute Gasteiger partial charge is 0.490 e. The standard InChI is InChI=1S/C23H26N2O4S/c1-4-16-9-6-7-11-19(16)25-22-17-10-8-12-21(29-13-14-30(3,27)28)23(17)24-15-18(22)20(26)5-2/h6-12,15H,4-5,13-14H2,1-3H3,(H,24,25). The molecule has 1 aromatic heterocycles. The number of aryl methyl sites for hydroxylation is 1. The normalized spacial score (nSPS) is 11.4. The minimum atomic E-state index is -3.13. The fourth-order valence-electron chi connectivity index (χ4n) is 3.24. The van der Waals surface area contributed by atoms with Gasteiger partial charge in [0.2, 0.25) is 0 Å². The smallest absolute Gasteiger partial charge is 0.166 e. The summed E-state index contributed by atoms with van der Waals surface area (Å²) < 4.78 is 28.5. The van der Waals surface area contributed by atoms with Crippen LogP contribution in [-0.4, -0.2) is 37.8 Å². The molecule has 0 atom stereocenters. The van der Waals surface area contributed by atoms with E-state index in [0.29, 0.717) is 28.9 Å². The Labute approximate surface area is 177 Å². The van der Waals surface area contributed by atoms with Crippen molar-refractivity contribution in [1.29, 1.82) is 0 Å². The molecule has 0 radical (unpaired) electrons. The van der Waals surface area contributed by atoms with Gasteiger partial charge < -0.3 is 10.1 Å². The van der Waals surface area contributed by atoms with Crippen molar-refractivity contribution in [3.05, 3.63) is 59.8 Å². The van der Waals surface area contributed by atoms with E-state index in [0.717, 1.165) is 23.1 Å². The molecule has 3 aromatic rings. The van der Waals surface area contributed by atoms with Crippen molar-refractivity contribution in [1.82, 2.24) is 4.98 Å². The van der Waals surface area contributed by atoms with Gasteiger partial charge in [-0.25, -0.2) is 8.42 Å². The molecular formula is C23H26N2O4S. The first kappa shape index (κ1) is 21.8. The van der Waals surface area contributed by atoms with Gasteiger partial charge in [-0.2, -0.15) is 0 Å². The first-order chi connectivity index (χ1) is 14.3. The second-order valence-electron chi connectivity index (χ2n) is 7.09. The SMILES string of the molecule is CCC(=O)c1cnc2c(OCCS(C)(=O)=O)cccc2c1Nc1ccccc1CC. The lowest BCUT2D eigenvalue weighted by molar-refractivity contribution is 0.0988. The Balaban J connectivity index is 2.10. The van der Waals surface area contributed by atoms with E-state index in [1.165, 1.54) is 6.26 Å². The van der Waals surface area contributed by atoms with Crippen molar-refractivity contribution in [2.75, 3.05) is 23.9 Å². The molecule has 0 aliphatic rings. The minimum absolute atomic E-state index is 0.00993. The molecule has 0 saturated heterocycles. The van der Waals surface area contributed by atoms with Crippen LogP contribution in [0.2, 0.25) is 0 Å². The molecule has 0 bridgehead atoms. The summed E-state index contributed by atoms with van der Waals surface area (Å²) in [5.41, 5.74) is 3.85. The Bertz CT molecular complexity index is 1170. The van der Waals surface area contributed by atoms with E-state index >= 15 is 0 Å². The second-order valence-corrected chi connectivity index (χ2v) is 9.35. The third-order valence-electron chi connectivity index (χ3n) is 4.85. The number of para-hydroxylation sites is 2.